The van der Waals surface area contributed by atoms with Gasteiger partial charge >= 0.3 is 0 Å². The SMILES string of the molecule is OCC1(Nc2ccc(NO)cc2)CCCC1. The summed E-state index contributed by atoms with van der Waals surface area (Å²) < 4.78 is 0. The number of hydrogen-bond acceptors (Lipinski definition) is 4. The van der Waals surface area contributed by atoms with E-state index in [-0.39, 0.29) is 12.1 Å². The lowest BCUT2D eigenvalue weighted by atomic mass is 9.98. The van der Waals surface area contributed by atoms with Crippen LogP contribution in [0.5, 0.6) is 0 Å². The Balaban J connectivity index is 2.07. The highest BCUT2D eigenvalue weighted by molar-refractivity contribution is 5.53. The minimum Gasteiger partial charge on any atom is -0.394 e. The molecule has 4 heteroatoms. The van der Waals surface area contributed by atoms with Crippen LogP contribution in [0.1, 0.15) is 25.7 Å². The molecule has 4 nitrogen and oxygen atoms in total. The van der Waals surface area contributed by atoms with Crippen molar-refractivity contribution >= 4 is 11.4 Å². The van der Waals surface area contributed by atoms with Crippen LogP contribution in [0.2, 0.25) is 0 Å². The fourth-order valence-electron chi connectivity index (χ4n) is 2.31. The van der Waals surface area contributed by atoms with Crippen molar-refractivity contribution in [2.24, 2.45) is 0 Å². The van der Waals surface area contributed by atoms with Crippen molar-refractivity contribution in [2.45, 2.75) is 31.2 Å². The van der Waals surface area contributed by atoms with Gasteiger partial charge in [0.2, 0.25) is 0 Å². The highest BCUT2D eigenvalue weighted by atomic mass is 16.5. The summed E-state index contributed by atoms with van der Waals surface area (Å²) in [4.78, 5) is 0. The Hall–Kier alpha value is -1.26. The normalized spacial score (nSPS) is 18.4. The maximum Gasteiger partial charge on any atom is 0.0661 e. The Kier molecular flexibility index (Phi) is 3.31. The van der Waals surface area contributed by atoms with Crippen LogP contribution < -0.4 is 10.8 Å². The van der Waals surface area contributed by atoms with Gasteiger partial charge in [-0.3, -0.25) is 10.7 Å². The molecule has 2 rings (SSSR count). The van der Waals surface area contributed by atoms with Gasteiger partial charge in [-0.1, -0.05) is 12.8 Å². The van der Waals surface area contributed by atoms with Gasteiger partial charge < -0.3 is 10.4 Å². The Morgan fingerprint density at radius 2 is 1.62 bits per heavy atom. The zero-order valence-corrected chi connectivity index (χ0v) is 9.24. The summed E-state index contributed by atoms with van der Waals surface area (Å²) in [5.74, 6) is 0. The summed E-state index contributed by atoms with van der Waals surface area (Å²) in [6.07, 6.45) is 4.38. The van der Waals surface area contributed by atoms with E-state index in [0.717, 1.165) is 18.5 Å². The lowest BCUT2D eigenvalue weighted by molar-refractivity contribution is 0.214. The molecule has 16 heavy (non-hydrogen) atoms. The van der Waals surface area contributed by atoms with E-state index in [0.29, 0.717) is 5.69 Å². The molecule has 0 bridgehead atoms. The first-order chi connectivity index (χ1) is 7.78. The highest BCUT2D eigenvalue weighted by Crippen LogP contribution is 2.32. The summed E-state index contributed by atoms with van der Waals surface area (Å²) >= 11 is 0. The van der Waals surface area contributed by atoms with Gasteiger partial charge in [-0.05, 0) is 37.1 Å². The molecule has 1 fully saturated rings. The number of rotatable bonds is 4. The number of aliphatic hydroxyl groups excluding tert-OH is 1. The Bertz CT molecular complexity index is 331. The molecule has 1 aliphatic carbocycles. The minimum absolute atomic E-state index is 0.145. The molecule has 1 aliphatic rings. The molecule has 0 unspecified atom stereocenters. The third kappa shape index (κ3) is 2.28. The third-order valence-corrected chi connectivity index (χ3v) is 3.29. The van der Waals surface area contributed by atoms with Gasteiger partial charge in [0.15, 0.2) is 0 Å². The first-order valence-corrected chi connectivity index (χ1v) is 5.67. The van der Waals surface area contributed by atoms with E-state index in [9.17, 15) is 5.11 Å². The Morgan fingerprint density at radius 3 is 2.12 bits per heavy atom. The zero-order valence-electron chi connectivity index (χ0n) is 9.24. The molecular formula is C12H18N2O2. The molecule has 0 radical (unpaired) electrons. The van der Waals surface area contributed by atoms with Crippen LogP contribution in [0.3, 0.4) is 0 Å². The predicted molar refractivity (Wildman–Crippen MR) is 63.8 cm³/mol. The van der Waals surface area contributed by atoms with Crippen molar-refractivity contribution in [1.82, 2.24) is 0 Å². The summed E-state index contributed by atoms with van der Waals surface area (Å²) in [6.45, 7) is 0.174. The standard InChI is InChI=1S/C12H18N2O2/c15-9-12(7-1-2-8-12)13-10-3-5-11(14-16)6-4-10/h3-6,13-16H,1-2,7-9H2. The third-order valence-electron chi connectivity index (χ3n) is 3.29. The van der Waals surface area contributed by atoms with E-state index in [1.54, 1.807) is 12.1 Å². The average molecular weight is 222 g/mol. The van der Waals surface area contributed by atoms with Crippen LogP contribution in [0.25, 0.3) is 0 Å². The van der Waals surface area contributed by atoms with Gasteiger partial charge in [0.25, 0.3) is 0 Å². The lowest BCUT2D eigenvalue weighted by Gasteiger charge is -2.29. The first kappa shape index (κ1) is 11.2. The zero-order chi connectivity index (χ0) is 11.4. The number of benzene rings is 1. The fourth-order valence-corrected chi connectivity index (χ4v) is 2.31. The van der Waals surface area contributed by atoms with E-state index in [4.69, 9.17) is 5.21 Å². The summed E-state index contributed by atoms with van der Waals surface area (Å²) in [7, 11) is 0. The van der Waals surface area contributed by atoms with Crippen molar-refractivity contribution in [3.63, 3.8) is 0 Å². The maximum atomic E-state index is 9.46. The van der Waals surface area contributed by atoms with Crippen molar-refractivity contribution in [3.05, 3.63) is 24.3 Å². The predicted octanol–water partition coefficient (Wildman–Crippen LogP) is 2.20. The van der Waals surface area contributed by atoms with E-state index < -0.39 is 0 Å². The monoisotopic (exact) mass is 222 g/mol. The number of aliphatic hydroxyl groups is 1. The highest BCUT2D eigenvalue weighted by Gasteiger charge is 2.32. The van der Waals surface area contributed by atoms with Gasteiger partial charge in [0.05, 0.1) is 17.8 Å². The molecule has 0 heterocycles. The van der Waals surface area contributed by atoms with Gasteiger partial charge in [0, 0.05) is 5.69 Å². The fraction of sp³-hybridized carbons (Fsp3) is 0.500. The van der Waals surface area contributed by atoms with E-state index in [1.807, 2.05) is 12.1 Å². The van der Waals surface area contributed by atoms with Gasteiger partial charge in [0.1, 0.15) is 0 Å². The molecule has 0 atom stereocenters. The lowest BCUT2D eigenvalue weighted by Crippen LogP contribution is -2.38. The van der Waals surface area contributed by atoms with E-state index >= 15 is 0 Å². The van der Waals surface area contributed by atoms with Gasteiger partial charge in [-0.2, -0.15) is 0 Å². The second kappa shape index (κ2) is 4.72. The van der Waals surface area contributed by atoms with Crippen LogP contribution in [-0.4, -0.2) is 22.5 Å². The van der Waals surface area contributed by atoms with Crippen LogP contribution in [0.4, 0.5) is 11.4 Å². The molecule has 0 spiro atoms. The Morgan fingerprint density at radius 1 is 1.06 bits per heavy atom. The van der Waals surface area contributed by atoms with E-state index in [2.05, 4.69) is 10.8 Å². The van der Waals surface area contributed by atoms with Crippen LogP contribution in [0.15, 0.2) is 24.3 Å². The minimum atomic E-state index is -0.145. The number of nitrogens with one attached hydrogen (secondary N) is 2. The molecule has 1 saturated carbocycles. The van der Waals surface area contributed by atoms with Gasteiger partial charge in [-0.25, -0.2) is 0 Å². The second-order valence-corrected chi connectivity index (χ2v) is 4.46. The topological polar surface area (TPSA) is 64.5 Å². The van der Waals surface area contributed by atoms with E-state index in [1.165, 1.54) is 12.8 Å². The largest absolute Gasteiger partial charge is 0.394 e. The quantitative estimate of drug-likeness (QED) is 0.590. The molecule has 0 amide bonds. The van der Waals surface area contributed by atoms with Crippen LogP contribution in [0, 0.1) is 0 Å². The van der Waals surface area contributed by atoms with Crippen LogP contribution >= 0.6 is 0 Å². The van der Waals surface area contributed by atoms with Crippen molar-refractivity contribution in [3.8, 4) is 0 Å². The van der Waals surface area contributed by atoms with Crippen LogP contribution in [-0.2, 0) is 0 Å². The van der Waals surface area contributed by atoms with Gasteiger partial charge in [-0.15, -0.1) is 0 Å². The summed E-state index contributed by atoms with van der Waals surface area (Å²) in [5.41, 5.74) is 3.59. The van der Waals surface area contributed by atoms with Crippen molar-refractivity contribution in [1.29, 1.82) is 0 Å². The van der Waals surface area contributed by atoms with Crippen molar-refractivity contribution < 1.29 is 10.3 Å². The maximum absolute atomic E-state index is 9.46. The molecule has 4 N–H and O–H groups in total. The summed E-state index contributed by atoms with van der Waals surface area (Å²) in [6, 6.07) is 7.38. The molecule has 1 aromatic carbocycles. The number of anilines is 2. The molecule has 0 saturated heterocycles. The smallest absolute Gasteiger partial charge is 0.0661 e. The molecule has 1 aromatic rings. The first-order valence-electron chi connectivity index (χ1n) is 5.67. The Labute approximate surface area is 95.3 Å². The molecule has 0 aliphatic heterocycles. The van der Waals surface area contributed by atoms with Crippen molar-refractivity contribution in [2.75, 3.05) is 17.4 Å². The second-order valence-electron chi connectivity index (χ2n) is 4.46. The molecule has 0 aromatic heterocycles. The molecule has 88 valence electrons. The molecular weight excluding hydrogens is 204 g/mol. The summed E-state index contributed by atoms with van der Waals surface area (Å²) in [5, 5.41) is 21.6. The average Bonchev–Trinajstić information content (AvgIpc) is 2.79. The number of hydrogen-bond donors (Lipinski definition) is 4.